The lowest BCUT2D eigenvalue weighted by atomic mass is 9.79. The molecule has 0 aliphatic carbocycles. The Bertz CT molecular complexity index is 557. The molecule has 0 radical (unpaired) electrons. The Balaban J connectivity index is 3.60. The van der Waals surface area contributed by atoms with Crippen LogP contribution in [0.25, 0.3) is 0 Å². The van der Waals surface area contributed by atoms with E-state index in [2.05, 4.69) is 0 Å². The predicted molar refractivity (Wildman–Crippen MR) is 77.3 cm³/mol. The number of benzene rings is 1. The van der Waals surface area contributed by atoms with Gasteiger partial charge in [-0.15, -0.1) is 0 Å². The van der Waals surface area contributed by atoms with Crippen LogP contribution in [0.5, 0.6) is 11.5 Å². The first-order valence-electron chi connectivity index (χ1n) is 6.52. The second-order valence-corrected chi connectivity index (χ2v) is 7.01. The van der Waals surface area contributed by atoms with Gasteiger partial charge in [0, 0.05) is 16.4 Å². The number of hydrogen-bond donors (Lipinski definition) is 2. The largest absolute Gasteiger partial charge is 0.504 e. The standard InChI is InChI=1S/C16H22O4/c1-15(2,3)13(19)9-7-8-10(17)12(18)11(9)14(20)16(4,5)6/h7-8,17-18H,1-6H3. The van der Waals surface area contributed by atoms with Crippen molar-refractivity contribution in [2.45, 2.75) is 41.5 Å². The molecule has 0 fully saturated rings. The van der Waals surface area contributed by atoms with E-state index in [4.69, 9.17) is 0 Å². The summed E-state index contributed by atoms with van der Waals surface area (Å²) in [6.07, 6.45) is 0. The number of phenols is 2. The molecule has 0 aliphatic heterocycles. The van der Waals surface area contributed by atoms with Crippen LogP contribution in [0.15, 0.2) is 12.1 Å². The van der Waals surface area contributed by atoms with E-state index < -0.39 is 22.3 Å². The Kier molecular flexibility index (Phi) is 3.99. The van der Waals surface area contributed by atoms with Gasteiger partial charge in [-0.05, 0) is 12.1 Å². The van der Waals surface area contributed by atoms with Crippen molar-refractivity contribution < 1.29 is 19.8 Å². The van der Waals surface area contributed by atoms with Crippen LogP contribution in [-0.2, 0) is 0 Å². The summed E-state index contributed by atoms with van der Waals surface area (Å²) in [4.78, 5) is 24.9. The molecule has 0 aliphatic rings. The topological polar surface area (TPSA) is 74.6 Å². The molecule has 110 valence electrons. The minimum Gasteiger partial charge on any atom is -0.504 e. The fourth-order valence-electron chi connectivity index (χ4n) is 1.78. The highest BCUT2D eigenvalue weighted by Gasteiger charge is 2.34. The summed E-state index contributed by atoms with van der Waals surface area (Å²) < 4.78 is 0. The molecule has 0 heterocycles. The number of aromatic hydroxyl groups is 2. The van der Waals surface area contributed by atoms with Gasteiger partial charge in [-0.2, -0.15) is 0 Å². The van der Waals surface area contributed by atoms with Crippen LogP contribution in [0, 0.1) is 10.8 Å². The summed E-state index contributed by atoms with van der Waals surface area (Å²) in [6.45, 7) is 10.3. The van der Waals surface area contributed by atoms with E-state index in [9.17, 15) is 19.8 Å². The van der Waals surface area contributed by atoms with Crippen molar-refractivity contribution in [2.75, 3.05) is 0 Å². The molecule has 0 atom stereocenters. The predicted octanol–water partition coefficient (Wildman–Crippen LogP) is 3.56. The number of ketones is 2. The third-order valence-corrected chi connectivity index (χ3v) is 2.99. The zero-order valence-electron chi connectivity index (χ0n) is 12.9. The van der Waals surface area contributed by atoms with Crippen LogP contribution in [0.4, 0.5) is 0 Å². The lowest BCUT2D eigenvalue weighted by Gasteiger charge is -2.23. The molecular weight excluding hydrogens is 256 g/mol. The van der Waals surface area contributed by atoms with Crippen LogP contribution in [-0.4, -0.2) is 21.8 Å². The van der Waals surface area contributed by atoms with Crippen molar-refractivity contribution >= 4 is 11.6 Å². The number of Topliss-reactive ketones (excluding diaryl/α,β-unsaturated/α-hetero) is 2. The third kappa shape index (κ3) is 3.00. The summed E-state index contributed by atoms with van der Waals surface area (Å²) in [6, 6.07) is 2.62. The maximum absolute atomic E-state index is 12.5. The molecule has 0 amide bonds. The van der Waals surface area contributed by atoms with E-state index in [1.165, 1.54) is 12.1 Å². The van der Waals surface area contributed by atoms with Crippen LogP contribution in [0.2, 0.25) is 0 Å². The first-order chi connectivity index (χ1) is 8.87. The Labute approximate surface area is 119 Å². The molecule has 0 bridgehead atoms. The van der Waals surface area contributed by atoms with E-state index in [0.29, 0.717) is 0 Å². The van der Waals surface area contributed by atoms with Gasteiger partial charge in [0.2, 0.25) is 0 Å². The Morgan fingerprint density at radius 2 is 1.30 bits per heavy atom. The normalized spacial score (nSPS) is 12.3. The SMILES string of the molecule is CC(C)(C)C(=O)c1ccc(O)c(O)c1C(=O)C(C)(C)C. The van der Waals surface area contributed by atoms with Gasteiger partial charge in [0.15, 0.2) is 23.1 Å². The van der Waals surface area contributed by atoms with Gasteiger partial charge < -0.3 is 10.2 Å². The highest BCUT2D eigenvalue weighted by atomic mass is 16.3. The van der Waals surface area contributed by atoms with Gasteiger partial charge in [0.1, 0.15) is 0 Å². The van der Waals surface area contributed by atoms with Crippen molar-refractivity contribution in [1.29, 1.82) is 0 Å². The number of phenolic OH excluding ortho intramolecular Hbond substituents is 2. The smallest absolute Gasteiger partial charge is 0.172 e. The quantitative estimate of drug-likeness (QED) is 0.640. The Morgan fingerprint density at radius 1 is 0.850 bits per heavy atom. The van der Waals surface area contributed by atoms with Gasteiger partial charge in [-0.25, -0.2) is 0 Å². The number of rotatable bonds is 2. The van der Waals surface area contributed by atoms with E-state index in [1.807, 2.05) is 0 Å². The molecule has 0 saturated heterocycles. The molecule has 0 saturated carbocycles. The van der Waals surface area contributed by atoms with Gasteiger partial charge in [0.25, 0.3) is 0 Å². The molecule has 1 rings (SSSR count). The first-order valence-corrected chi connectivity index (χ1v) is 6.52. The van der Waals surface area contributed by atoms with E-state index >= 15 is 0 Å². The minimum absolute atomic E-state index is 0.0996. The van der Waals surface area contributed by atoms with Crippen LogP contribution in [0.3, 0.4) is 0 Å². The molecule has 0 spiro atoms. The fourth-order valence-corrected chi connectivity index (χ4v) is 1.78. The van der Waals surface area contributed by atoms with Crippen molar-refractivity contribution in [3.8, 4) is 11.5 Å². The van der Waals surface area contributed by atoms with Gasteiger partial charge in [-0.1, -0.05) is 41.5 Å². The van der Waals surface area contributed by atoms with E-state index in [-0.39, 0.29) is 22.7 Å². The highest BCUT2D eigenvalue weighted by molar-refractivity contribution is 6.13. The average Bonchev–Trinajstić information content (AvgIpc) is 2.28. The fraction of sp³-hybridized carbons (Fsp3) is 0.500. The summed E-state index contributed by atoms with van der Waals surface area (Å²) in [5.74, 6) is -1.55. The Hall–Kier alpha value is -1.84. The molecule has 4 heteroatoms. The number of carbonyl (C=O) groups is 2. The summed E-state index contributed by atoms with van der Waals surface area (Å²) in [5, 5.41) is 19.6. The third-order valence-electron chi connectivity index (χ3n) is 2.99. The molecule has 0 aromatic heterocycles. The average molecular weight is 278 g/mol. The highest BCUT2D eigenvalue weighted by Crippen LogP contribution is 2.37. The summed E-state index contributed by atoms with van der Waals surface area (Å²) >= 11 is 0. The number of carbonyl (C=O) groups excluding carboxylic acids is 2. The van der Waals surface area contributed by atoms with Crippen LogP contribution < -0.4 is 0 Å². The van der Waals surface area contributed by atoms with Gasteiger partial charge in [-0.3, -0.25) is 9.59 Å². The van der Waals surface area contributed by atoms with Gasteiger partial charge in [0.05, 0.1) is 5.56 Å². The van der Waals surface area contributed by atoms with Crippen LogP contribution in [0.1, 0.15) is 62.3 Å². The van der Waals surface area contributed by atoms with E-state index in [1.54, 1.807) is 41.5 Å². The maximum atomic E-state index is 12.5. The molecule has 4 nitrogen and oxygen atoms in total. The van der Waals surface area contributed by atoms with Gasteiger partial charge >= 0.3 is 0 Å². The lowest BCUT2D eigenvalue weighted by Crippen LogP contribution is -2.27. The molecule has 1 aromatic carbocycles. The van der Waals surface area contributed by atoms with Crippen molar-refractivity contribution in [1.82, 2.24) is 0 Å². The first kappa shape index (κ1) is 16.2. The summed E-state index contributed by atoms with van der Waals surface area (Å²) in [7, 11) is 0. The maximum Gasteiger partial charge on any atom is 0.172 e. The van der Waals surface area contributed by atoms with E-state index in [0.717, 1.165) is 0 Å². The second kappa shape index (κ2) is 4.93. The molecule has 0 unspecified atom stereocenters. The second-order valence-electron chi connectivity index (χ2n) is 7.01. The molecule has 1 aromatic rings. The zero-order valence-corrected chi connectivity index (χ0v) is 12.9. The minimum atomic E-state index is -0.766. The Morgan fingerprint density at radius 3 is 1.70 bits per heavy atom. The molecule has 2 N–H and O–H groups in total. The van der Waals surface area contributed by atoms with Crippen molar-refractivity contribution in [2.24, 2.45) is 10.8 Å². The summed E-state index contributed by atoms with van der Waals surface area (Å²) in [5.41, 5.74) is -1.40. The zero-order chi connectivity index (χ0) is 15.9. The molecular formula is C16H22O4. The van der Waals surface area contributed by atoms with Crippen LogP contribution >= 0.6 is 0 Å². The van der Waals surface area contributed by atoms with Crippen molar-refractivity contribution in [3.05, 3.63) is 23.3 Å². The monoisotopic (exact) mass is 278 g/mol. The van der Waals surface area contributed by atoms with Crippen molar-refractivity contribution in [3.63, 3.8) is 0 Å². The molecule has 20 heavy (non-hydrogen) atoms. The lowest BCUT2D eigenvalue weighted by molar-refractivity contribution is 0.0820. The number of hydrogen-bond acceptors (Lipinski definition) is 4.